The Morgan fingerprint density at radius 1 is 1.00 bits per heavy atom. The van der Waals surface area contributed by atoms with E-state index in [0.717, 1.165) is 0 Å². The summed E-state index contributed by atoms with van der Waals surface area (Å²) in [6.07, 6.45) is 6.20. The predicted octanol–water partition coefficient (Wildman–Crippen LogP) is 2.07. The standard InChI is InChI=1S/C5H4N2O2.C5H5N/c8-7(9)5-2-1-3-6-4-5;1-2-4-6-5-3-1/h1-4H;1-5H. The Kier molecular flexibility index (Phi) is 4.45. The van der Waals surface area contributed by atoms with Crippen molar-refractivity contribution in [3.05, 3.63) is 65.2 Å². The molecule has 0 bridgehead atoms. The van der Waals surface area contributed by atoms with E-state index in [-0.39, 0.29) is 5.69 Å². The van der Waals surface area contributed by atoms with E-state index in [0.29, 0.717) is 0 Å². The molecule has 0 spiro atoms. The molecule has 0 amide bonds. The maximum absolute atomic E-state index is 9.97. The summed E-state index contributed by atoms with van der Waals surface area (Å²) in [5.41, 5.74) is 0.0255. The summed E-state index contributed by atoms with van der Waals surface area (Å²) in [6.45, 7) is 0. The lowest BCUT2D eigenvalue weighted by molar-refractivity contribution is -0.385. The lowest BCUT2D eigenvalue weighted by Crippen LogP contribution is -1.86. The van der Waals surface area contributed by atoms with Crippen LogP contribution in [0.3, 0.4) is 0 Å². The molecule has 0 atom stereocenters. The van der Waals surface area contributed by atoms with Crippen molar-refractivity contribution in [1.29, 1.82) is 0 Å². The highest BCUT2D eigenvalue weighted by Crippen LogP contribution is 2.04. The molecule has 2 heterocycles. The van der Waals surface area contributed by atoms with Gasteiger partial charge in [0, 0.05) is 24.7 Å². The van der Waals surface area contributed by atoms with E-state index in [9.17, 15) is 10.1 Å². The van der Waals surface area contributed by atoms with Gasteiger partial charge in [-0.3, -0.25) is 20.1 Å². The van der Waals surface area contributed by atoms with E-state index < -0.39 is 4.92 Å². The average Bonchev–Trinajstić information content (AvgIpc) is 2.33. The van der Waals surface area contributed by atoms with Crippen molar-refractivity contribution in [3.63, 3.8) is 0 Å². The monoisotopic (exact) mass is 203 g/mol. The third-order valence-electron chi connectivity index (χ3n) is 1.42. The first kappa shape index (κ1) is 10.8. The lowest BCUT2D eigenvalue weighted by atomic mass is 10.4. The highest BCUT2D eigenvalue weighted by Gasteiger charge is 1.99. The second-order valence-corrected chi connectivity index (χ2v) is 2.49. The average molecular weight is 203 g/mol. The highest BCUT2D eigenvalue weighted by atomic mass is 16.6. The molecule has 0 saturated heterocycles. The molecule has 0 aliphatic rings. The molecule has 0 radical (unpaired) electrons. The molecular formula is C10H9N3O2. The van der Waals surface area contributed by atoms with Gasteiger partial charge in [0.25, 0.3) is 5.69 Å². The Bertz CT molecular complexity index is 365. The molecule has 2 aromatic rings. The molecule has 0 saturated carbocycles. The number of hydrogen-bond acceptors (Lipinski definition) is 4. The number of hydrogen-bond donors (Lipinski definition) is 0. The molecule has 0 fully saturated rings. The molecule has 5 nitrogen and oxygen atoms in total. The summed E-state index contributed by atoms with van der Waals surface area (Å²) in [5.74, 6) is 0. The van der Waals surface area contributed by atoms with Crippen LogP contribution in [0.5, 0.6) is 0 Å². The molecule has 0 aromatic carbocycles. The zero-order chi connectivity index (χ0) is 10.9. The van der Waals surface area contributed by atoms with Gasteiger partial charge in [0.05, 0.1) is 4.92 Å². The van der Waals surface area contributed by atoms with Crippen molar-refractivity contribution in [1.82, 2.24) is 9.97 Å². The van der Waals surface area contributed by atoms with Crippen molar-refractivity contribution in [2.24, 2.45) is 0 Å². The van der Waals surface area contributed by atoms with Crippen LogP contribution in [-0.4, -0.2) is 14.9 Å². The lowest BCUT2D eigenvalue weighted by Gasteiger charge is -1.84. The van der Waals surface area contributed by atoms with Gasteiger partial charge in [-0.2, -0.15) is 0 Å². The second-order valence-electron chi connectivity index (χ2n) is 2.49. The minimum absolute atomic E-state index is 0.0255. The minimum Gasteiger partial charge on any atom is -0.265 e. The van der Waals surface area contributed by atoms with Gasteiger partial charge in [-0.15, -0.1) is 0 Å². The van der Waals surface area contributed by atoms with Gasteiger partial charge in [-0.25, -0.2) is 0 Å². The SMILES string of the molecule is O=[N+]([O-])c1cccnc1.c1ccncc1. The van der Waals surface area contributed by atoms with E-state index >= 15 is 0 Å². The van der Waals surface area contributed by atoms with Crippen LogP contribution >= 0.6 is 0 Å². The van der Waals surface area contributed by atoms with E-state index in [2.05, 4.69) is 9.97 Å². The Hall–Kier alpha value is -2.30. The highest BCUT2D eigenvalue weighted by molar-refractivity contribution is 5.23. The van der Waals surface area contributed by atoms with E-state index in [1.54, 1.807) is 12.4 Å². The molecule has 2 rings (SSSR count). The zero-order valence-electron chi connectivity index (χ0n) is 7.85. The van der Waals surface area contributed by atoms with E-state index in [1.165, 1.54) is 24.5 Å². The Balaban J connectivity index is 0.000000162. The molecule has 0 aliphatic heterocycles. The minimum atomic E-state index is -0.479. The van der Waals surface area contributed by atoms with Gasteiger partial charge in [-0.1, -0.05) is 6.07 Å². The topological polar surface area (TPSA) is 68.9 Å². The first-order valence-electron chi connectivity index (χ1n) is 4.20. The van der Waals surface area contributed by atoms with Gasteiger partial charge < -0.3 is 0 Å². The number of aromatic nitrogens is 2. The third-order valence-corrected chi connectivity index (χ3v) is 1.42. The zero-order valence-corrected chi connectivity index (χ0v) is 7.85. The normalized spacial score (nSPS) is 8.53. The molecule has 0 N–H and O–H groups in total. The molecular weight excluding hydrogens is 194 g/mol. The van der Waals surface area contributed by atoms with Gasteiger partial charge in [0.2, 0.25) is 0 Å². The third kappa shape index (κ3) is 4.47. The van der Waals surface area contributed by atoms with Gasteiger partial charge in [-0.05, 0) is 18.2 Å². The number of pyridine rings is 2. The fourth-order valence-corrected chi connectivity index (χ4v) is 0.774. The summed E-state index contributed by atoms with van der Waals surface area (Å²) < 4.78 is 0. The summed E-state index contributed by atoms with van der Waals surface area (Å²) in [6, 6.07) is 8.64. The number of nitrogens with zero attached hydrogens (tertiary/aromatic N) is 3. The Labute approximate surface area is 86.6 Å². The summed E-state index contributed by atoms with van der Waals surface area (Å²) in [7, 11) is 0. The van der Waals surface area contributed by atoms with Gasteiger partial charge in [0.1, 0.15) is 6.20 Å². The quantitative estimate of drug-likeness (QED) is 0.525. The van der Waals surface area contributed by atoms with Crippen LogP contribution in [0.25, 0.3) is 0 Å². The summed E-state index contributed by atoms with van der Waals surface area (Å²) in [4.78, 5) is 16.8. The number of rotatable bonds is 1. The second kappa shape index (κ2) is 6.20. The van der Waals surface area contributed by atoms with Crippen LogP contribution in [0, 0.1) is 10.1 Å². The molecule has 76 valence electrons. The van der Waals surface area contributed by atoms with Crippen LogP contribution in [-0.2, 0) is 0 Å². The van der Waals surface area contributed by atoms with Crippen molar-refractivity contribution in [2.75, 3.05) is 0 Å². The first-order valence-corrected chi connectivity index (χ1v) is 4.20. The maximum atomic E-state index is 9.97. The Morgan fingerprint density at radius 3 is 1.93 bits per heavy atom. The smallest absolute Gasteiger partial charge is 0.265 e. The summed E-state index contributed by atoms with van der Waals surface area (Å²) >= 11 is 0. The first-order chi connectivity index (χ1) is 7.30. The maximum Gasteiger partial charge on any atom is 0.287 e. The van der Waals surface area contributed by atoms with E-state index in [4.69, 9.17) is 0 Å². The summed E-state index contributed by atoms with van der Waals surface area (Å²) in [5, 5.41) is 9.97. The van der Waals surface area contributed by atoms with Crippen molar-refractivity contribution in [3.8, 4) is 0 Å². The van der Waals surface area contributed by atoms with Gasteiger partial charge in [0.15, 0.2) is 0 Å². The number of nitro groups is 1. The van der Waals surface area contributed by atoms with Crippen molar-refractivity contribution in [2.45, 2.75) is 0 Å². The fraction of sp³-hybridized carbons (Fsp3) is 0. The van der Waals surface area contributed by atoms with Crippen LogP contribution in [0.1, 0.15) is 0 Å². The van der Waals surface area contributed by atoms with Crippen LogP contribution in [0.2, 0.25) is 0 Å². The molecule has 5 heteroatoms. The molecule has 2 aromatic heterocycles. The van der Waals surface area contributed by atoms with Crippen molar-refractivity contribution < 1.29 is 4.92 Å². The largest absolute Gasteiger partial charge is 0.287 e. The van der Waals surface area contributed by atoms with E-state index in [1.807, 2.05) is 18.2 Å². The van der Waals surface area contributed by atoms with Crippen LogP contribution in [0.15, 0.2) is 55.1 Å². The molecule has 15 heavy (non-hydrogen) atoms. The Morgan fingerprint density at radius 2 is 1.67 bits per heavy atom. The fourth-order valence-electron chi connectivity index (χ4n) is 0.774. The van der Waals surface area contributed by atoms with Crippen molar-refractivity contribution >= 4 is 5.69 Å². The van der Waals surface area contributed by atoms with Gasteiger partial charge >= 0.3 is 0 Å². The van der Waals surface area contributed by atoms with Crippen LogP contribution < -0.4 is 0 Å². The predicted molar refractivity (Wildman–Crippen MR) is 55.1 cm³/mol. The molecule has 0 aliphatic carbocycles. The molecule has 0 unspecified atom stereocenters. The van der Waals surface area contributed by atoms with Crippen LogP contribution in [0.4, 0.5) is 5.69 Å².